The molecule has 0 bridgehead atoms. The number of non-ortho nitro benzene ring substituents is 1. The number of aromatic amines is 1. The van der Waals surface area contributed by atoms with E-state index >= 15 is 0 Å². The van der Waals surface area contributed by atoms with E-state index in [1.807, 2.05) is 22.6 Å². The highest BCUT2D eigenvalue weighted by Crippen LogP contribution is 2.23. The minimum atomic E-state index is -0.414. The van der Waals surface area contributed by atoms with Gasteiger partial charge in [0.2, 0.25) is 0 Å². The van der Waals surface area contributed by atoms with E-state index in [2.05, 4.69) is 9.97 Å². The summed E-state index contributed by atoms with van der Waals surface area (Å²) in [6, 6.07) is 2.98. The van der Waals surface area contributed by atoms with Crippen molar-refractivity contribution in [3.8, 4) is 0 Å². The molecule has 0 amide bonds. The number of benzene rings is 1. The molecule has 1 aromatic carbocycles. The average Bonchev–Trinajstić information content (AvgIpc) is 2.51. The lowest BCUT2D eigenvalue weighted by Crippen LogP contribution is -1.89. The van der Waals surface area contributed by atoms with Crippen molar-refractivity contribution in [1.29, 1.82) is 0 Å². The molecule has 66 valence electrons. The number of rotatable bonds is 1. The van der Waals surface area contributed by atoms with Crippen molar-refractivity contribution in [2.75, 3.05) is 0 Å². The summed E-state index contributed by atoms with van der Waals surface area (Å²) >= 11 is 2.03. The van der Waals surface area contributed by atoms with Crippen LogP contribution in [-0.4, -0.2) is 14.9 Å². The number of H-pyrrole nitrogens is 1. The highest BCUT2D eigenvalue weighted by Gasteiger charge is 2.10. The van der Waals surface area contributed by atoms with E-state index in [-0.39, 0.29) is 5.69 Å². The Kier molecular flexibility index (Phi) is 1.91. The molecule has 1 N–H and O–H groups in total. The lowest BCUT2D eigenvalue weighted by Gasteiger charge is -1.93. The number of hydrogen-bond acceptors (Lipinski definition) is 3. The van der Waals surface area contributed by atoms with Gasteiger partial charge in [0.25, 0.3) is 5.69 Å². The third-order valence-corrected chi connectivity index (χ3v) is 2.49. The molecule has 13 heavy (non-hydrogen) atoms. The Labute approximate surface area is 86.5 Å². The van der Waals surface area contributed by atoms with E-state index in [9.17, 15) is 10.1 Å². The van der Waals surface area contributed by atoms with Gasteiger partial charge in [-0.25, -0.2) is 4.98 Å². The van der Waals surface area contributed by atoms with Crippen molar-refractivity contribution in [1.82, 2.24) is 9.97 Å². The molecular formula is C7H4IN3O2. The predicted octanol–water partition coefficient (Wildman–Crippen LogP) is 2.08. The van der Waals surface area contributed by atoms with E-state index in [0.717, 1.165) is 9.09 Å². The third kappa shape index (κ3) is 1.37. The number of hydrogen-bond donors (Lipinski definition) is 1. The Hall–Kier alpha value is -1.18. The Balaban J connectivity index is 2.77. The van der Waals surface area contributed by atoms with Gasteiger partial charge in [0.1, 0.15) is 5.52 Å². The highest BCUT2D eigenvalue weighted by atomic mass is 127. The second kappa shape index (κ2) is 2.95. The molecule has 6 heteroatoms. The number of fused-ring (bicyclic) bond motifs is 1. The van der Waals surface area contributed by atoms with Crippen LogP contribution >= 0.6 is 22.6 Å². The molecule has 2 rings (SSSR count). The fourth-order valence-electron chi connectivity index (χ4n) is 1.10. The number of nitrogens with one attached hydrogen (secondary N) is 1. The van der Waals surface area contributed by atoms with Crippen molar-refractivity contribution < 1.29 is 4.92 Å². The highest BCUT2D eigenvalue weighted by molar-refractivity contribution is 14.1. The first-order valence-corrected chi connectivity index (χ1v) is 4.53. The number of halogens is 1. The maximum absolute atomic E-state index is 10.5. The first kappa shape index (κ1) is 8.42. The second-order valence-corrected chi connectivity index (χ2v) is 3.65. The van der Waals surface area contributed by atoms with E-state index in [1.54, 1.807) is 0 Å². The normalized spacial score (nSPS) is 10.5. The van der Waals surface area contributed by atoms with Crippen molar-refractivity contribution in [2.24, 2.45) is 0 Å². The lowest BCUT2D eigenvalue weighted by atomic mass is 10.3. The maximum atomic E-state index is 10.5. The van der Waals surface area contributed by atoms with Gasteiger partial charge in [0, 0.05) is 15.7 Å². The second-order valence-electron chi connectivity index (χ2n) is 2.48. The van der Waals surface area contributed by atoms with Crippen LogP contribution < -0.4 is 0 Å². The summed E-state index contributed by atoms with van der Waals surface area (Å²) in [6.45, 7) is 0. The molecule has 0 radical (unpaired) electrons. The van der Waals surface area contributed by atoms with Crippen molar-refractivity contribution in [3.63, 3.8) is 0 Å². The maximum Gasteiger partial charge on any atom is 0.272 e. The van der Waals surface area contributed by atoms with Crippen LogP contribution in [0.1, 0.15) is 0 Å². The van der Waals surface area contributed by atoms with Gasteiger partial charge < -0.3 is 4.98 Å². The molecule has 1 aromatic heterocycles. The zero-order valence-electron chi connectivity index (χ0n) is 6.32. The summed E-state index contributed by atoms with van der Waals surface area (Å²) in [6.07, 6.45) is 1.52. The smallest absolute Gasteiger partial charge is 0.272 e. The zero-order valence-corrected chi connectivity index (χ0v) is 8.48. The Morgan fingerprint density at radius 3 is 3.00 bits per heavy atom. The fraction of sp³-hybridized carbons (Fsp3) is 0. The van der Waals surface area contributed by atoms with Crippen LogP contribution in [0.15, 0.2) is 18.5 Å². The molecule has 0 aliphatic rings. The molecule has 0 fully saturated rings. The average molecular weight is 289 g/mol. The van der Waals surface area contributed by atoms with Crippen LogP contribution in [0.5, 0.6) is 0 Å². The van der Waals surface area contributed by atoms with Crippen molar-refractivity contribution >= 4 is 39.3 Å². The van der Waals surface area contributed by atoms with Crippen LogP contribution in [0.3, 0.4) is 0 Å². The van der Waals surface area contributed by atoms with Gasteiger partial charge in [0.15, 0.2) is 0 Å². The summed E-state index contributed by atoms with van der Waals surface area (Å²) in [5, 5.41) is 10.5. The van der Waals surface area contributed by atoms with Gasteiger partial charge >= 0.3 is 0 Å². The molecule has 0 spiro atoms. The molecular weight excluding hydrogens is 285 g/mol. The number of nitro groups is 1. The quantitative estimate of drug-likeness (QED) is 0.496. The van der Waals surface area contributed by atoms with Gasteiger partial charge in [-0.2, -0.15) is 0 Å². The van der Waals surface area contributed by atoms with Crippen molar-refractivity contribution in [2.45, 2.75) is 0 Å². The first-order valence-electron chi connectivity index (χ1n) is 3.45. The van der Waals surface area contributed by atoms with Gasteiger partial charge in [0.05, 0.1) is 16.8 Å². The molecule has 0 unspecified atom stereocenters. The molecule has 0 saturated carbocycles. The van der Waals surface area contributed by atoms with Crippen LogP contribution in [0.2, 0.25) is 0 Å². The van der Waals surface area contributed by atoms with E-state index in [4.69, 9.17) is 0 Å². The molecule has 0 aliphatic heterocycles. The lowest BCUT2D eigenvalue weighted by molar-refractivity contribution is -0.384. The Morgan fingerprint density at radius 2 is 2.31 bits per heavy atom. The fourth-order valence-corrected chi connectivity index (χ4v) is 1.85. The van der Waals surface area contributed by atoms with Gasteiger partial charge in [-0.1, -0.05) is 0 Å². The largest absolute Gasteiger partial charge is 0.344 e. The van der Waals surface area contributed by atoms with Crippen LogP contribution in [0.25, 0.3) is 11.0 Å². The molecule has 0 aliphatic carbocycles. The van der Waals surface area contributed by atoms with Gasteiger partial charge in [-0.15, -0.1) is 0 Å². The minimum Gasteiger partial charge on any atom is -0.344 e. The summed E-state index contributed by atoms with van der Waals surface area (Å²) in [5.41, 5.74) is 1.55. The van der Waals surface area contributed by atoms with Crippen LogP contribution in [0, 0.1) is 13.7 Å². The summed E-state index contributed by atoms with van der Waals surface area (Å²) < 4.78 is 0.781. The minimum absolute atomic E-state index is 0.0844. The Bertz CT molecular complexity index is 480. The molecule has 0 saturated heterocycles. The number of imidazole rings is 1. The topological polar surface area (TPSA) is 71.8 Å². The number of nitro benzene ring substituents is 1. The number of aromatic nitrogens is 2. The first-order chi connectivity index (χ1) is 6.18. The monoisotopic (exact) mass is 289 g/mol. The third-order valence-electron chi connectivity index (χ3n) is 1.67. The Morgan fingerprint density at radius 1 is 1.54 bits per heavy atom. The molecule has 1 heterocycles. The van der Waals surface area contributed by atoms with Crippen molar-refractivity contribution in [3.05, 3.63) is 32.1 Å². The van der Waals surface area contributed by atoms with Crippen LogP contribution in [-0.2, 0) is 0 Å². The van der Waals surface area contributed by atoms with Gasteiger partial charge in [-0.3, -0.25) is 10.1 Å². The number of nitrogens with zero attached hydrogens (tertiary/aromatic N) is 2. The summed E-state index contributed by atoms with van der Waals surface area (Å²) in [4.78, 5) is 16.9. The molecule has 0 atom stereocenters. The predicted molar refractivity (Wildman–Crippen MR) is 55.5 cm³/mol. The zero-order chi connectivity index (χ0) is 9.42. The summed E-state index contributed by atoms with van der Waals surface area (Å²) in [5.74, 6) is 0. The molecule has 2 aromatic rings. The van der Waals surface area contributed by atoms with E-state index < -0.39 is 4.92 Å². The van der Waals surface area contributed by atoms with E-state index in [0.29, 0.717) is 5.52 Å². The van der Waals surface area contributed by atoms with E-state index in [1.165, 1.54) is 18.5 Å². The van der Waals surface area contributed by atoms with Gasteiger partial charge in [-0.05, 0) is 22.6 Å². The molecule has 5 nitrogen and oxygen atoms in total. The summed E-state index contributed by atoms with van der Waals surface area (Å²) in [7, 11) is 0. The SMILES string of the molecule is O=[N+]([O-])c1cc(I)c2nc[nH]c2c1. The van der Waals surface area contributed by atoms with Crippen LogP contribution in [0.4, 0.5) is 5.69 Å². The standard InChI is InChI=1S/C7H4IN3O2/c8-5-1-4(11(12)13)2-6-7(5)10-3-9-6/h1-3H,(H,9,10).